The van der Waals surface area contributed by atoms with Crippen molar-refractivity contribution in [2.75, 3.05) is 7.11 Å². The molecule has 0 unspecified atom stereocenters. The molecule has 0 fully saturated rings. The van der Waals surface area contributed by atoms with Crippen LogP contribution in [0, 0.1) is 0 Å². The number of ether oxygens (including phenoxy) is 1. The second kappa shape index (κ2) is 4.87. The number of carbonyl (C=O) groups is 1. The van der Waals surface area contributed by atoms with Crippen LogP contribution in [0.4, 0.5) is 0 Å². The van der Waals surface area contributed by atoms with Crippen molar-refractivity contribution >= 4 is 5.78 Å². The maximum atomic E-state index is 11.2. The van der Waals surface area contributed by atoms with Crippen LogP contribution in [0.5, 0.6) is 5.75 Å². The molecule has 0 radical (unpaired) electrons. The molecule has 0 aliphatic carbocycles. The highest BCUT2D eigenvalue weighted by atomic mass is 16.5. The number of aromatic nitrogens is 1. The molecule has 1 aromatic heterocycles. The molecular weight excluding hydrogens is 214 g/mol. The Balaban J connectivity index is 2.11. The fourth-order valence-corrected chi connectivity index (χ4v) is 1.69. The Bertz CT molecular complexity index is 511. The third kappa shape index (κ3) is 2.75. The van der Waals surface area contributed by atoms with E-state index in [9.17, 15) is 4.79 Å². The molecule has 2 rings (SSSR count). The van der Waals surface area contributed by atoms with Gasteiger partial charge >= 0.3 is 0 Å². The van der Waals surface area contributed by atoms with Crippen LogP contribution in [0.15, 0.2) is 42.7 Å². The van der Waals surface area contributed by atoms with Crippen molar-refractivity contribution in [3.8, 4) is 5.75 Å². The van der Waals surface area contributed by atoms with E-state index >= 15 is 0 Å². The molecule has 1 aromatic carbocycles. The van der Waals surface area contributed by atoms with Crippen molar-refractivity contribution in [3.05, 3.63) is 53.9 Å². The average molecular weight is 229 g/mol. The molecule has 0 saturated carbocycles. The summed E-state index contributed by atoms with van der Waals surface area (Å²) in [6.07, 6.45) is 3.79. The zero-order chi connectivity index (χ0) is 12.3. The molecule has 88 valence electrons. The molecular formula is C14H15NO2. The van der Waals surface area contributed by atoms with E-state index in [1.54, 1.807) is 14.0 Å². The third-order valence-corrected chi connectivity index (χ3v) is 2.68. The normalized spacial score (nSPS) is 10.2. The number of methoxy groups -OCH3 is 1. The van der Waals surface area contributed by atoms with E-state index in [4.69, 9.17) is 4.74 Å². The molecule has 2 aromatic rings. The van der Waals surface area contributed by atoms with Gasteiger partial charge in [0.15, 0.2) is 5.78 Å². The summed E-state index contributed by atoms with van der Waals surface area (Å²) in [5, 5.41) is 0. The van der Waals surface area contributed by atoms with Crippen LogP contribution in [-0.2, 0) is 6.54 Å². The lowest BCUT2D eigenvalue weighted by Crippen LogP contribution is -1.97. The standard InChI is InChI=1S/C14H15NO2/c1-11(16)13-7-8-15(10-13)9-12-3-5-14(17-2)6-4-12/h3-8,10H,9H2,1-2H3. The largest absolute Gasteiger partial charge is 0.497 e. The SMILES string of the molecule is COc1ccc(Cn2ccc(C(C)=O)c2)cc1. The second-order valence-electron chi connectivity index (χ2n) is 3.98. The van der Waals surface area contributed by atoms with Crippen LogP contribution >= 0.6 is 0 Å². The van der Waals surface area contributed by atoms with Gasteiger partial charge in [0.2, 0.25) is 0 Å². The first kappa shape index (κ1) is 11.5. The molecule has 0 aliphatic heterocycles. The number of benzene rings is 1. The molecule has 0 aliphatic rings. The number of nitrogens with zero attached hydrogens (tertiary/aromatic N) is 1. The quantitative estimate of drug-likeness (QED) is 0.755. The van der Waals surface area contributed by atoms with Crippen molar-refractivity contribution in [1.29, 1.82) is 0 Å². The van der Waals surface area contributed by atoms with Crippen molar-refractivity contribution in [1.82, 2.24) is 4.57 Å². The summed E-state index contributed by atoms with van der Waals surface area (Å²) < 4.78 is 7.10. The predicted molar refractivity (Wildman–Crippen MR) is 66.5 cm³/mol. The summed E-state index contributed by atoms with van der Waals surface area (Å²) in [5.41, 5.74) is 1.93. The lowest BCUT2D eigenvalue weighted by molar-refractivity contribution is 0.101. The first-order chi connectivity index (χ1) is 8.19. The highest BCUT2D eigenvalue weighted by molar-refractivity contribution is 5.93. The summed E-state index contributed by atoms with van der Waals surface area (Å²) in [5.74, 6) is 0.948. The van der Waals surface area contributed by atoms with Gasteiger partial charge in [-0.2, -0.15) is 0 Å². The van der Waals surface area contributed by atoms with Crippen LogP contribution < -0.4 is 4.74 Å². The first-order valence-electron chi connectivity index (χ1n) is 5.48. The molecule has 1 heterocycles. The van der Waals surface area contributed by atoms with Gasteiger partial charge in [0.25, 0.3) is 0 Å². The fraction of sp³-hybridized carbons (Fsp3) is 0.214. The molecule has 0 atom stereocenters. The zero-order valence-electron chi connectivity index (χ0n) is 10.0. The second-order valence-corrected chi connectivity index (χ2v) is 3.98. The Hall–Kier alpha value is -2.03. The molecule has 0 spiro atoms. The highest BCUT2D eigenvalue weighted by Gasteiger charge is 2.02. The molecule has 3 nitrogen and oxygen atoms in total. The van der Waals surface area contributed by atoms with Gasteiger partial charge in [0.05, 0.1) is 7.11 Å². The Labute approximate surface area is 101 Å². The van der Waals surface area contributed by atoms with Crippen molar-refractivity contribution in [2.24, 2.45) is 0 Å². The van der Waals surface area contributed by atoms with E-state index in [1.807, 2.05) is 47.3 Å². The molecule has 17 heavy (non-hydrogen) atoms. The van der Waals surface area contributed by atoms with E-state index in [1.165, 1.54) is 5.56 Å². The maximum Gasteiger partial charge on any atom is 0.161 e. The minimum absolute atomic E-state index is 0.0958. The van der Waals surface area contributed by atoms with Crippen molar-refractivity contribution in [3.63, 3.8) is 0 Å². The molecule has 0 bridgehead atoms. The summed E-state index contributed by atoms with van der Waals surface area (Å²) in [6, 6.07) is 9.75. The van der Waals surface area contributed by atoms with Gasteiger partial charge in [0.1, 0.15) is 5.75 Å². The summed E-state index contributed by atoms with van der Waals surface area (Å²) >= 11 is 0. The van der Waals surface area contributed by atoms with E-state index in [0.29, 0.717) is 0 Å². The van der Waals surface area contributed by atoms with E-state index < -0.39 is 0 Å². The van der Waals surface area contributed by atoms with Gasteiger partial charge in [-0.3, -0.25) is 4.79 Å². The van der Waals surface area contributed by atoms with Crippen LogP contribution in [0.1, 0.15) is 22.8 Å². The van der Waals surface area contributed by atoms with Gasteiger partial charge in [-0.25, -0.2) is 0 Å². The number of carbonyl (C=O) groups excluding carboxylic acids is 1. The van der Waals surface area contributed by atoms with Gasteiger partial charge in [0, 0.05) is 24.5 Å². The molecule has 0 amide bonds. The van der Waals surface area contributed by atoms with Crippen LogP contribution in [0.25, 0.3) is 0 Å². The van der Waals surface area contributed by atoms with Crippen LogP contribution in [-0.4, -0.2) is 17.5 Å². The third-order valence-electron chi connectivity index (χ3n) is 2.68. The van der Waals surface area contributed by atoms with Crippen molar-refractivity contribution in [2.45, 2.75) is 13.5 Å². The van der Waals surface area contributed by atoms with Crippen LogP contribution in [0.2, 0.25) is 0 Å². The number of Topliss-reactive ketones (excluding diaryl/α,β-unsaturated/α-hetero) is 1. The summed E-state index contributed by atoms with van der Waals surface area (Å²) in [6.45, 7) is 2.34. The van der Waals surface area contributed by atoms with E-state index in [-0.39, 0.29) is 5.78 Å². The average Bonchev–Trinajstić information content (AvgIpc) is 2.79. The topological polar surface area (TPSA) is 31.2 Å². The first-order valence-corrected chi connectivity index (χ1v) is 5.48. The Kier molecular flexibility index (Phi) is 3.28. The van der Waals surface area contributed by atoms with Crippen LogP contribution in [0.3, 0.4) is 0 Å². The number of ketones is 1. The van der Waals surface area contributed by atoms with Gasteiger partial charge in [-0.1, -0.05) is 12.1 Å². The molecule has 3 heteroatoms. The Morgan fingerprint density at radius 2 is 1.94 bits per heavy atom. The maximum absolute atomic E-state index is 11.2. The molecule has 0 N–H and O–H groups in total. The minimum atomic E-state index is 0.0958. The predicted octanol–water partition coefficient (Wildman–Crippen LogP) is 2.75. The minimum Gasteiger partial charge on any atom is -0.497 e. The monoisotopic (exact) mass is 229 g/mol. The smallest absolute Gasteiger partial charge is 0.161 e. The number of hydrogen-bond donors (Lipinski definition) is 0. The van der Waals surface area contributed by atoms with Gasteiger partial charge < -0.3 is 9.30 Å². The molecule has 0 saturated heterocycles. The summed E-state index contributed by atoms with van der Waals surface area (Å²) in [7, 11) is 1.65. The summed E-state index contributed by atoms with van der Waals surface area (Å²) in [4.78, 5) is 11.2. The highest BCUT2D eigenvalue weighted by Crippen LogP contribution is 2.13. The number of rotatable bonds is 4. The lowest BCUT2D eigenvalue weighted by Gasteiger charge is -2.04. The van der Waals surface area contributed by atoms with Gasteiger partial charge in [-0.05, 0) is 30.7 Å². The fourth-order valence-electron chi connectivity index (χ4n) is 1.69. The number of hydrogen-bond acceptors (Lipinski definition) is 2. The van der Waals surface area contributed by atoms with E-state index in [2.05, 4.69) is 0 Å². The zero-order valence-corrected chi connectivity index (χ0v) is 10.0. The van der Waals surface area contributed by atoms with Gasteiger partial charge in [-0.15, -0.1) is 0 Å². The van der Waals surface area contributed by atoms with Crippen molar-refractivity contribution < 1.29 is 9.53 Å². The lowest BCUT2D eigenvalue weighted by atomic mass is 10.2. The van der Waals surface area contributed by atoms with E-state index in [0.717, 1.165) is 17.9 Å². The Morgan fingerprint density at radius 3 is 2.47 bits per heavy atom. The Morgan fingerprint density at radius 1 is 1.24 bits per heavy atom.